The van der Waals surface area contributed by atoms with Crippen LogP contribution in [0.1, 0.15) is 54.7 Å². The van der Waals surface area contributed by atoms with E-state index in [4.69, 9.17) is 36.0 Å². The lowest BCUT2D eigenvalue weighted by molar-refractivity contribution is 0.100. The Labute approximate surface area is 225 Å². The first-order chi connectivity index (χ1) is 16.4. The van der Waals surface area contributed by atoms with Crippen LogP contribution in [0, 0.1) is 6.92 Å². The topological polar surface area (TPSA) is 54.3 Å². The predicted octanol–water partition coefficient (Wildman–Crippen LogP) is 5.75. The smallest absolute Gasteiger partial charge is 0.208 e. The van der Waals surface area contributed by atoms with Gasteiger partial charge in [0, 0.05) is 31.2 Å². The van der Waals surface area contributed by atoms with Crippen molar-refractivity contribution in [2.24, 2.45) is 0 Å². The van der Waals surface area contributed by atoms with Crippen LogP contribution < -0.4 is 0 Å². The normalized spacial score (nSPS) is 16.7. The van der Waals surface area contributed by atoms with Crippen molar-refractivity contribution < 1.29 is 4.79 Å². The zero-order chi connectivity index (χ0) is 24.1. The summed E-state index contributed by atoms with van der Waals surface area (Å²) in [6.07, 6.45) is 6.99. The van der Waals surface area contributed by atoms with E-state index in [0.717, 1.165) is 66.2 Å². The maximum atomic E-state index is 13.8. The highest BCUT2D eigenvalue weighted by molar-refractivity contribution is 8.37. The molecule has 3 heterocycles. The highest BCUT2D eigenvalue weighted by Gasteiger charge is 2.32. The third-order valence-electron chi connectivity index (χ3n) is 6.06. The number of thioether (sulfide) groups is 2. The van der Waals surface area contributed by atoms with Gasteiger partial charge in [0.05, 0.1) is 11.4 Å². The van der Waals surface area contributed by atoms with Gasteiger partial charge in [0.2, 0.25) is 5.78 Å². The summed E-state index contributed by atoms with van der Waals surface area (Å²) in [5, 5.41) is 9.16. The van der Waals surface area contributed by atoms with Crippen LogP contribution in [0.15, 0.2) is 24.3 Å². The Hall–Kier alpha value is -1.20. The van der Waals surface area contributed by atoms with Crippen molar-refractivity contribution in [3.63, 3.8) is 0 Å². The molecule has 2 aliphatic rings. The number of ketones is 1. The molecule has 2 saturated heterocycles. The van der Waals surface area contributed by atoms with E-state index in [9.17, 15) is 4.79 Å². The van der Waals surface area contributed by atoms with Gasteiger partial charge >= 0.3 is 0 Å². The Bertz CT molecular complexity index is 1000. The first-order valence-electron chi connectivity index (χ1n) is 11.6. The van der Waals surface area contributed by atoms with Crippen molar-refractivity contribution >= 4 is 74.0 Å². The molecule has 6 nitrogen and oxygen atoms in total. The molecule has 2 aliphatic heterocycles. The molecule has 182 valence electrons. The van der Waals surface area contributed by atoms with E-state index < -0.39 is 4.58 Å². The van der Waals surface area contributed by atoms with Crippen molar-refractivity contribution in [2.45, 2.75) is 50.0 Å². The number of aromatic nitrogens is 3. The van der Waals surface area contributed by atoms with Gasteiger partial charge in [0.15, 0.2) is 5.69 Å². The van der Waals surface area contributed by atoms with Crippen molar-refractivity contribution in [1.82, 2.24) is 24.8 Å². The second-order valence-corrected chi connectivity index (χ2v) is 12.7. The van der Waals surface area contributed by atoms with Gasteiger partial charge in [-0.25, -0.2) is 4.68 Å². The monoisotopic (exact) mass is 553 g/mol. The Kier molecular flexibility index (Phi) is 9.26. The van der Waals surface area contributed by atoms with Crippen LogP contribution in [0.5, 0.6) is 0 Å². The molecule has 0 aliphatic carbocycles. The number of likely N-dealkylation sites (tertiary alicyclic amines) is 2. The molecule has 2 aromatic rings. The van der Waals surface area contributed by atoms with Gasteiger partial charge < -0.3 is 9.80 Å². The number of nitrogens with zero attached hydrogens (tertiary/aromatic N) is 5. The van der Waals surface area contributed by atoms with Gasteiger partial charge in [-0.1, -0.05) is 64.8 Å². The standard InChI is InChI=1S/C23H28ClN5OS4/c1-16-19(25-26-29(16)18-10-8-17(24)9-11-18)20(30)21(33-22(31)27-12-4-2-5-13-27)34-23(32)28-14-6-3-7-15-28/h8-11,21H,2-7,12-15H2,1H3. The van der Waals surface area contributed by atoms with Gasteiger partial charge in [-0.15, -0.1) is 5.10 Å². The van der Waals surface area contributed by atoms with Crippen LogP contribution in [0.4, 0.5) is 0 Å². The van der Waals surface area contributed by atoms with Crippen LogP contribution in [-0.4, -0.2) is 70.0 Å². The number of rotatable bonds is 5. The third kappa shape index (κ3) is 6.32. The van der Waals surface area contributed by atoms with Gasteiger partial charge in [0.25, 0.3) is 0 Å². The van der Waals surface area contributed by atoms with Gasteiger partial charge in [-0.3, -0.25) is 4.79 Å². The summed E-state index contributed by atoms with van der Waals surface area (Å²) in [7, 11) is 0. The number of carbonyl (C=O) groups is 1. The second kappa shape index (κ2) is 12.2. The predicted molar refractivity (Wildman–Crippen MR) is 150 cm³/mol. The van der Waals surface area contributed by atoms with E-state index >= 15 is 0 Å². The molecule has 1 aromatic carbocycles. The Balaban J connectivity index is 1.55. The quantitative estimate of drug-likeness (QED) is 0.262. The first kappa shape index (κ1) is 25.9. The maximum Gasteiger partial charge on any atom is 0.208 e. The second-order valence-electron chi connectivity index (χ2n) is 8.47. The number of piperidine rings is 2. The molecule has 0 spiro atoms. The van der Waals surface area contributed by atoms with Crippen LogP contribution in [-0.2, 0) is 0 Å². The largest absolute Gasteiger partial charge is 0.357 e. The summed E-state index contributed by atoms with van der Waals surface area (Å²) in [5.41, 5.74) is 1.84. The molecular weight excluding hydrogens is 526 g/mol. The number of hydrogen-bond acceptors (Lipinski definition) is 7. The molecule has 4 rings (SSSR count). The van der Waals surface area contributed by atoms with E-state index in [1.165, 1.54) is 36.4 Å². The highest BCUT2D eigenvalue weighted by Crippen LogP contribution is 2.33. The molecule has 34 heavy (non-hydrogen) atoms. The molecule has 0 saturated carbocycles. The highest BCUT2D eigenvalue weighted by atomic mass is 35.5. The summed E-state index contributed by atoms with van der Waals surface area (Å²) >= 11 is 20.4. The number of hydrogen-bond donors (Lipinski definition) is 0. The minimum atomic E-state index is -0.502. The molecule has 0 bridgehead atoms. The van der Waals surface area contributed by atoms with Crippen molar-refractivity contribution in [3.05, 3.63) is 40.7 Å². The fourth-order valence-corrected chi connectivity index (χ4v) is 7.75. The maximum absolute atomic E-state index is 13.8. The minimum absolute atomic E-state index is 0.105. The fourth-order valence-electron chi connectivity index (χ4n) is 4.11. The van der Waals surface area contributed by atoms with E-state index in [1.807, 2.05) is 19.1 Å². The lowest BCUT2D eigenvalue weighted by Crippen LogP contribution is -2.36. The molecule has 0 atom stereocenters. The number of Topliss-reactive ketones (excluding diaryl/α,β-unsaturated/α-hetero) is 1. The first-order valence-corrected chi connectivity index (χ1v) is 14.5. The zero-order valence-electron chi connectivity index (χ0n) is 19.1. The molecular formula is C23H28ClN5OS4. The van der Waals surface area contributed by atoms with E-state index in [1.54, 1.807) is 16.8 Å². The zero-order valence-corrected chi connectivity index (χ0v) is 23.1. The summed E-state index contributed by atoms with van der Waals surface area (Å²) in [6, 6.07) is 7.30. The van der Waals surface area contributed by atoms with E-state index in [0.29, 0.717) is 16.4 Å². The average Bonchev–Trinajstić information content (AvgIpc) is 3.25. The van der Waals surface area contributed by atoms with Crippen LogP contribution in [0.2, 0.25) is 5.02 Å². The average molecular weight is 554 g/mol. The number of carbonyl (C=O) groups excluding carboxylic acids is 1. The van der Waals surface area contributed by atoms with Crippen LogP contribution in [0.3, 0.4) is 0 Å². The molecule has 0 N–H and O–H groups in total. The number of halogens is 1. The minimum Gasteiger partial charge on any atom is -0.357 e. The SMILES string of the molecule is Cc1c(C(=O)C(SC(=S)N2CCCCC2)SC(=S)N2CCCCC2)nnn1-c1ccc(Cl)cc1. The molecule has 11 heteroatoms. The summed E-state index contributed by atoms with van der Waals surface area (Å²) < 4.78 is 2.68. The van der Waals surface area contributed by atoms with Crippen LogP contribution in [0.25, 0.3) is 5.69 Å². The fraction of sp³-hybridized carbons (Fsp3) is 0.522. The molecule has 2 fully saturated rings. The van der Waals surface area contributed by atoms with Crippen LogP contribution >= 0.6 is 59.6 Å². The van der Waals surface area contributed by atoms with Crippen molar-refractivity contribution in [3.8, 4) is 5.69 Å². The molecule has 1 aromatic heterocycles. The number of benzene rings is 1. The lowest BCUT2D eigenvalue weighted by Gasteiger charge is -2.32. The Morgan fingerprint density at radius 1 is 0.912 bits per heavy atom. The lowest BCUT2D eigenvalue weighted by atomic mass is 10.1. The summed E-state index contributed by atoms with van der Waals surface area (Å²) in [4.78, 5) is 18.2. The van der Waals surface area contributed by atoms with Gasteiger partial charge in [-0.2, -0.15) is 0 Å². The number of thiocarbonyl (C=S) groups is 2. The van der Waals surface area contributed by atoms with E-state index in [-0.39, 0.29) is 5.78 Å². The third-order valence-corrected chi connectivity index (χ3v) is 9.76. The Morgan fingerprint density at radius 2 is 1.41 bits per heavy atom. The van der Waals surface area contributed by atoms with Crippen molar-refractivity contribution in [1.29, 1.82) is 0 Å². The summed E-state index contributed by atoms with van der Waals surface area (Å²) in [6.45, 7) is 5.64. The van der Waals surface area contributed by atoms with Gasteiger partial charge in [-0.05, 0) is 69.7 Å². The summed E-state index contributed by atoms with van der Waals surface area (Å²) in [5.74, 6) is -0.105. The Morgan fingerprint density at radius 3 is 1.91 bits per heavy atom. The molecule has 0 unspecified atom stereocenters. The van der Waals surface area contributed by atoms with Crippen molar-refractivity contribution in [2.75, 3.05) is 26.2 Å². The molecule has 0 amide bonds. The molecule has 0 radical (unpaired) electrons. The van der Waals surface area contributed by atoms with E-state index in [2.05, 4.69) is 20.1 Å². The van der Waals surface area contributed by atoms with Gasteiger partial charge in [0.1, 0.15) is 13.2 Å².